The topological polar surface area (TPSA) is 33.9 Å². The number of rotatable bonds is 5. The first kappa shape index (κ1) is 31.4. The number of hydrogen-bond acceptors (Lipinski definition) is 3. The summed E-state index contributed by atoms with van der Waals surface area (Å²) in [7, 11) is 0. The Balaban J connectivity index is 0.990. The van der Waals surface area contributed by atoms with Gasteiger partial charge in [0.2, 0.25) is 0 Å². The number of aromatic nitrogens is 1. The van der Waals surface area contributed by atoms with Crippen LogP contribution in [-0.4, -0.2) is 4.40 Å². The summed E-state index contributed by atoms with van der Waals surface area (Å²) in [5, 5.41) is 9.44. The fourth-order valence-corrected chi connectivity index (χ4v) is 9.58. The summed E-state index contributed by atoms with van der Waals surface area (Å²) in [6.07, 6.45) is 0. The molecule has 270 valence electrons. The molecule has 0 spiro atoms. The molecule has 4 heteroatoms. The Morgan fingerprint density at radius 1 is 0.345 bits per heavy atom. The van der Waals surface area contributed by atoms with Gasteiger partial charge in [-0.3, -0.25) is 0 Å². The van der Waals surface area contributed by atoms with Crippen LogP contribution in [0.15, 0.2) is 203 Å². The van der Waals surface area contributed by atoms with Gasteiger partial charge in [0.15, 0.2) is 0 Å². The van der Waals surface area contributed by atoms with E-state index in [1.165, 1.54) is 54.8 Å². The SMILES string of the molecule is c1ccc(-c2ccc(N(c3ccc4c(c3)oc3cc(-c5cccc6c7cccc8c9ccccc9n(c56)c87)ccc34)c3cccc4oc5ccccc5c34)cc2)cc1. The van der Waals surface area contributed by atoms with Gasteiger partial charge in [-0.05, 0) is 77.4 Å². The summed E-state index contributed by atoms with van der Waals surface area (Å²) in [6.45, 7) is 0. The molecular formula is C54H32N2O2. The molecular weight excluding hydrogens is 709 g/mol. The van der Waals surface area contributed by atoms with Crippen LogP contribution >= 0.6 is 0 Å². The van der Waals surface area contributed by atoms with Crippen LogP contribution in [0.1, 0.15) is 0 Å². The fraction of sp³-hybridized carbons (Fsp3) is 0. The molecule has 0 fully saturated rings. The molecule has 0 saturated carbocycles. The van der Waals surface area contributed by atoms with E-state index in [0.717, 1.165) is 66.5 Å². The Labute approximate surface area is 332 Å². The van der Waals surface area contributed by atoms with Crippen LogP contribution in [0.2, 0.25) is 0 Å². The molecule has 13 rings (SSSR count). The van der Waals surface area contributed by atoms with E-state index in [1.54, 1.807) is 0 Å². The van der Waals surface area contributed by atoms with E-state index in [9.17, 15) is 0 Å². The maximum absolute atomic E-state index is 6.84. The summed E-state index contributed by atoms with van der Waals surface area (Å²) >= 11 is 0. The van der Waals surface area contributed by atoms with Crippen molar-refractivity contribution in [1.82, 2.24) is 4.40 Å². The van der Waals surface area contributed by atoms with E-state index < -0.39 is 0 Å². The first-order chi connectivity index (χ1) is 28.8. The van der Waals surface area contributed by atoms with Crippen molar-refractivity contribution in [2.45, 2.75) is 0 Å². The largest absolute Gasteiger partial charge is 0.456 e. The molecule has 0 saturated heterocycles. The van der Waals surface area contributed by atoms with Crippen LogP contribution in [0.3, 0.4) is 0 Å². The Kier molecular flexibility index (Phi) is 6.41. The lowest BCUT2D eigenvalue weighted by Crippen LogP contribution is -2.10. The summed E-state index contributed by atoms with van der Waals surface area (Å²) < 4.78 is 15.7. The number of fused-ring (bicyclic) bond motifs is 12. The van der Waals surface area contributed by atoms with Gasteiger partial charge in [-0.1, -0.05) is 127 Å². The van der Waals surface area contributed by atoms with Gasteiger partial charge >= 0.3 is 0 Å². The molecule has 0 aliphatic carbocycles. The maximum atomic E-state index is 6.84. The number of nitrogens with zero attached hydrogens (tertiary/aromatic N) is 2. The van der Waals surface area contributed by atoms with E-state index in [2.05, 4.69) is 191 Å². The molecule has 0 unspecified atom stereocenters. The molecule has 0 bridgehead atoms. The second kappa shape index (κ2) is 11.8. The normalized spacial score (nSPS) is 12.1. The highest BCUT2D eigenvalue weighted by atomic mass is 16.3. The predicted octanol–water partition coefficient (Wildman–Crippen LogP) is 15.4. The molecule has 0 amide bonds. The molecule has 0 aliphatic rings. The average Bonchev–Trinajstić information content (AvgIpc) is 4.04. The Morgan fingerprint density at radius 2 is 0.931 bits per heavy atom. The summed E-state index contributed by atoms with van der Waals surface area (Å²) in [6, 6.07) is 69.3. The zero-order valence-corrected chi connectivity index (χ0v) is 31.2. The standard InChI is InChI=1S/C54H32N2O2/c1-2-11-33(12-3-1)34-23-26-36(27-24-34)55(47-20-10-22-49-52(47)45-14-5-7-21-48(45)57-49)37-28-30-41-40-29-25-35(31-50(40)58-51(41)32-37)38-15-8-17-43-44-18-9-16-42-39-13-4-6-19-46(39)56(53(38)43)54(42)44/h1-32H. The maximum Gasteiger partial charge on any atom is 0.137 e. The van der Waals surface area contributed by atoms with E-state index in [4.69, 9.17) is 8.83 Å². The lowest BCUT2D eigenvalue weighted by molar-refractivity contribution is 0.669. The smallest absolute Gasteiger partial charge is 0.137 e. The van der Waals surface area contributed by atoms with E-state index >= 15 is 0 Å². The van der Waals surface area contributed by atoms with Gasteiger partial charge in [-0.15, -0.1) is 0 Å². The Morgan fingerprint density at radius 3 is 1.79 bits per heavy atom. The first-order valence-corrected chi connectivity index (χ1v) is 19.8. The van der Waals surface area contributed by atoms with Crippen molar-refractivity contribution >= 4 is 99.0 Å². The van der Waals surface area contributed by atoms with Crippen LogP contribution in [0, 0.1) is 0 Å². The summed E-state index contributed by atoms with van der Waals surface area (Å²) in [4.78, 5) is 2.32. The molecule has 0 atom stereocenters. The van der Waals surface area contributed by atoms with Crippen LogP contribution in [0.5, 0.6) is 0 Å². The van der Waals surface area contributed by atoms with Crippen molar-refractivity contribution in [3.8, 4) is 22.3 Å². The molecule has 13 aromatic rings. The Bertz CT molecular complexity index is 3740. The highest BCUT2D eigenvalue weighted by Crippen LogP contribution is 2.46. The monoisotopic (exact) mass is 740 g/mol. The summed E-state index contributed by atoms with van der Waals surface area (Å²) in [5.74, 6) is 0. The molecule has 4 heterocycles. The quantitative estimate of drug-likeness (QED) is 0.176. The minimum atomic E-state index is 0.837. The van der Waals surface area contributed by atoms with Crippen molar-refractivity contribution in [2.75, 3.05) is 4.90 Å². The first-order valence-electron chi connectivity index (χ1n) is 19.8. The molecule has 4 aromatic heterocycles. The van der Waals surface area contributed by atoms with Crippen molar-refractivity contribution < 1.29 is 8.83 Å². The second-order valence-electron chi connectivity index (χ2n) is 15.2. The lowest BCUT2D eigenvalue weighted by Gasteiger charge is -2.26. The highest BCUT2D eigenvalue weighted by molar-refractivity contribution is 6.25. The average molecular weight is 741 g/mol. The number of furan rings is 2. The van der Waals surface area contributed by atoms with Crippen LogP contribution in [0.4, 0.5) is 17.1 Å². The lowest BCUT2D eigenvalue weighted by atomic mass is 10.00. The molecule has 0 aliphatic heterocycles. The van der Waals surface area contributed by atoms with Crippen molar-refractivity contribution in [3.63, 3.8) is 0 Å². The number of para-hydroxylation sites is 4. The van der Waals surface area contributed by atoms with Gasteiger partial charge in [0.05, 0.1) is 27.6 Å². The highest BCUT2D eigenvalue weighted by Gasteiger charge is 2.22. The fourth-order valence-electron chi connectivity index (χ4n) is 9.58. The predicted molar refractivity (Wildman–Crippen MR) is 241 cm³/mol. The molecule has 9 aromatic carbocycles. The van der Waals surface area contributed by atoms with E-state index in [-0.39, 0.29) is 0 Å². The van der Waals surface area contributed by atoms with Crippen molar-refractivity contribution in [3.05, 3.63) is 194 Å². The van der Waals surface area contributed by atoms with Crippen LogP contribution < -0.4 is 4.90 Å². The summed E-state index contributed by atoms with van der Waals surface area (Å²) in [5.41, 5.74) is 14.9. The zero-order valence-electron chi connectivity index (χ0n) is 31.2. The molecule has 58 heavy (non-hydrogen) atoms. The van der Waals surface area contributed by atoms with Gasteiger partial charge in [-0.25, -0.2) is 0 Å². The van der Waals surface area contributed by atoms with E-state index in [1.807, 2.05) is 12.1 Å². The van der Waals surface area contributed by atoms with Crippen LogP contribution in [0.25, 0.3) is 104 Å². The minimum absolute atomic E-state index is 0.837. The molecule has 0 radical (unpaired) electrons. The minimum Gasteiger partial charge on any atom is -0.456 e. The molecule has 0 N–H and O–H groups in total. The van der Waals surface area contributed by atoms with Gasteiger partial charge in [0.1, 0.15) is 22.3 Å². The van der Waals surface area contributed by atoms with Gasteiger partial charge in [0.25, 0.3) is 0 Å². The third kappa shape index (κ3) is 4.40. The van der Waals surface area contributed by atoms with Gasteiger partial charge < -0.3 is 18.1 Å². The number of hydrogen-bond donors (Lipinski definition) is 0. The zero-order chi connectivity index (χ0) is 37.9. The third-order valence-corrected chi connectivity index (χ3v) is 12.1. The van der Waals surface area contributed by atoms with Crippen molar-refractivity contribution in [2.24, 2.45) is 0 Å². The van der Waals surface area contributed by atoms with Crippen molar-refractivity contribution in [1.29, 1.82) is 0 Å². The third-order valence-electron chi connectivity index (χ3n) is 12.1. The van der Waals surface area contributed by atoms with Gasteiger partial charge in [-0.2, -0.15) is 0 Å². The number of anilines is 3. The van der Waals surface area contributed by atoms with Crippen LogP contribution in [-0.2, 0) is 0 Å². The second-order valence-corrected chi connectivity index (χ2v) is 15.2. The molecule has 4 nitrogen and oxygen atoms in total. The van der Waals surface area contributed by atoms with E-state index in [0.29, 0.717) is 0 Å². The number of benzene rings is 9. The Hall–Kier alpha value is -7.82. The van der Waals surface area contributed by atoms with Gasteiger partial charge in [0, 0.05) is 60.7 Å².